The second kappa shape index (κ2) is 41.6. The summed E-state index contributed by atoms with van der Waals surface area (Å²) in [5.41, 5.74) is 0. The predicted octanol–water partition coefficient (Wildman–Crippen LogP) is 11.8. The molecule has 352 valence electrons. The summed E-state index contributed by atoms with van der Waals surface area (Å²) in [6.45, 7) is 1.65. The van der Waals surface area contributed by atoms with Gasteiger partial charge in [-0.25, -0.2) is 9.13 Å². The van der Waals surface area contributed by atoms with Crippen LogP contribution in [-0.4, -0.2) is 70.4 Å². The Bertz CT molecular complexity index is 1350. The molecule has 0 radical (unpaired) electrons. The van der Waals surface area contributed by atoms with Gasteiger partial charge in [0.1, 0.15) is 12.7 Å². The number of carbonyl (C=O) groups is 2. The number of ether oxygens (including phenoxy) is 2. The van der Waals surface area contributed by atoms with Gasteiger partial charge in [0.15, 0.2) is 6.10 Å². The number of aliphatic hydroxyl groups is 1. The molecule has 0 aromatic carbocycles. The van der Waals surface area contributed by atoms with E-state index < -0.39 is 66.2 Å². The summed E-state index contributed by atoms with van der Waals surface area (Å²) in [5, 5.41) is 9.75. The molecule has 0 heterocycles. The molecule has 0 spiro atoms. The highest BCUT2D eigenvalue weighted by Crippen LogP contribution is 2.43. The average molecular weight is 903 g/mol. The Hall–Kier alpha value is -2.44. The first-order chi connectivity index (χ1) is 29.4. The highest BCUT2D eigenvalue weighted by atomic mass is 31.2. The first kappa shape index (κ1) is 58.6. The number of allylic oxidation sites excluding steroid dienone is 12. The van der Waals surface area contributed by atoms with E-state index in [1.807, 2.05) is 0 Å². The van der Waals surface area contributed by atoms with Gasteiger partial charge in [-0.2, -0.15) is 0 Å². The Labute approximate surface area is 367 Å². The number of phosphoric acid groups is 2. The molecular formula is C46H80O13P2. The van der Waals surface area contributed by atoms with E-state index in [1.165, 1.54) is 38.5 Å². The number of carbonyl (C=O) groups excluding carboxylic acids is 2. The smallest absolute Gasteiger partial charge is 0.462 e. The Morgan fingerprint density at radius 2 is 0.852 bits per heavy atom. The standard InChI is InChI=1S/C46H80O13P2/c1-3-5-7-9-11-13-15-17-19-21-23-25-27-29-31-33-35-37-45(48)55-41-44(42-58-61(53,54)57-40-43(47)39-56-60(50,51)52)59-46(49)38-36-34-32-30-28-26-24-22-20-18-16-14-12-10-8-6-4-2/h11-14,17-20,23-26,43-44,47H,3-10,15-16,21-22,27-42H2,1-2H3,(H,53,54)(H2,50,51,52)/b13-11-,14-12-,19-17-,20-18-,25-23-,26-24-/t43-,44+/m0/s1. The van der Waals surface area contributed by atoms with Crippen molar-refractivity contribution in [1.29, 1.82) is 0 Å². The molecule has 1 unspecified atom stereocenters. The molecule has 15 heteroatoms. The summed E-state index contributed by atoms with van der Waals surface area (Å²) in [5.74, 6) is -1.09. The Kier molecular flexibility index (Phi) is 39.9. The van der Waals surface area contributed by atoms with Crippen LogP contribution in [0.15, 0.2) is 72.9 Å². The van der Waals surface area contributed by atoms with Crippen molar-refractivity contribution in [1.82, 2.24) is 0 Å². The molecule has 0 aliphatic rings. The molecule has 0 rings (SSSR count). The molecule has 13 nitrogen and oxygen atoms in total. The monoisotopic (exact) mass is 903 g/mol. The molecule has 0 bridgehead atoms. The van der Waals surface area contributed by atoms with E-state index in [-0.39, 0.29) is 12.8 Å². The van der Waals surface area contributed by atoms with Gasteiger partial charge in [-0.05, 0) is 89.9 Å². The zero-order valence-electron chi connectivity index (χ0n) is 37.2. The molecule has 0 aromatic rings. The van der Waals surface area contributed by atoms with E-state index in [2.05, 4.69) is 95.8 Å². The lowest BCUT2D eigenvalue weighted by Crippen LogP contribution is -2.30. The van der Waals surface area contributed by atoms with Crippen molar-refractivity contribution in [3.8, 4) is 0 Å². The van der Waals surface area contributed by atoms with Gasteiger partial charge in [0.05, 0.1) is 19.8 Å². The molecule has 0 aromatic heterocycles. The van der Waals surface area contributed by atoms with Gasteiger partial charge in [-0.1, -0.05) is 138 Å². The van der Waals surface area contributed by atoms with Crippen molar-refractivity contribution in [2.24, 2.45) is 0 Å². The molecule has 0 aliphatic heterocycles. The lowest BCUT2D eigenvalue weighted by atomic mass is 10.1. The van der Waals surface area contributed by atoms with Crippen molar-refractivity contribution in [2.75, 3.05) is 26.4 Å². The third-order valence-electron chi connectivity index (χ3n) is 9.06. The van der Waals surface area contributed by atoms with Gasteiger partial charge < -0.3 is 29.3 Å². The maximum Gasteiger partial charge on any atom is 0.472 e. The van der Waals surface area contributed by atoms with Crippen molar-refractivity contribution < 1.29 is 61.6 Å². The third kappa shape index (κ3) is 45.4. The van der Waals surface area contributed by atoms with Crippen LogP contribution in [0.5, 0.6) is 0 Å². The van der Waals surface area contributed by atoms with Gasteiger partial charge in [0, 0.05) is 12.8 Å². The molecular weight excluding hydrogens is 822 g/mol. The van der Waals surface area contributed by atoms with Crippen LogP contribution in [0.3, 0.4) is 0 Å². The molecule has 4 N–H and O–H groups in total. The van der Waals surface area contributed by atoms with E-state index in [9.17, 15) is 28.7 Å². The number of phosphoric ester groups is 2. The number of esters is 2. The third-order valence-corrected chi connectivity index (χ3v) is 10.5. The van der Waals surface area contributed by atoms with Crippen molar-refractivity contribution in [2.45, 2.75) is 180 Å². The summed E-state index contributed by atoms with van der Waals surface area (Å²) in [6.07, 6.45) is 46.0. The lowest BCUT2D eigenvalue weighted by Gasteiger charge is -2.20. The topological polar surface area (TPSA) is 195 Å². The van der Waals surface area contributed by atoms with Crippen LogP contribution in [0.2, 0.25) is 0 Å². The first-order valence-corrected chi connectivity index (χ1v) is 25.7. The maximum atomic E-state index is 12.7. The second-order valence-electron chi connectivity index (χ2n) is 15.0. The summed E-state index contributed by atoms with van der Waals surface area (Å²) in [6, 6.07) is 0. The number of hydrogen-bond acceptors (Lipinski definition) is 10. The van der Waals surface area contributed by atoms with Gasteiger partial charge in [-0.3, -0.25) is 23.2 Å². The van der Waals surface area contributed by atoms with Crippen LogP contribution < -0.4 is 0 Å². The number of aliphatic hydroxyl groups excluding tert-OH is 1. The fourth-order valence-electron chi connectivity index (χ4n) is 5.60. The first-order valence-electron chi connectivity index (χ1n) is 22.6. The molecule has 0 saturated carbocycles. The van der Waals surface area contributed by atoms with Crippen molar-refractivity contribution in [3.05, 3.63) is 72.9 Å². The average Bonchev–Trinajstić information content (AvgIpc) is 3.22. The van der Waals surface area contributed by atoms with Crippen molar-refractivity contribution >= 4 is 27.6 Å². The summed E-state index contributed by atoms with van der Waals surface area (Å²) in [4.78, 5) is 52.7. The van der Waals surface area contributed by atoms with Crippen LogP contribution in [0.4, 0.5) is 0 Å². The minimum absolute atomic E-state index is 0.0971. The Balaban J connectivity index is 4.60. The van der Waals surface area contributed by atoms with Gasteiger partial charge in [-0.15, -0.1) is 0 Å². The quantitative estimate of drug-likeness (QED) is 0.0196. The van der Waals surface area contributed by atoms with Crippen LogP contribution in [0.1, 0.15) is 168 Å². The molecule has 0 amide bonds. The van der Waals surface area contributed by atoms with E-state index in [4.69, 9.17) is 23.8 Å². The largest absolute Gasteiger partial charge is 0.472 e. The fraction of sp³-hybridized carbons (Fsp3) is 0.696. The number of hydrogen-bond donors (Lipinski definition) is 4. The predicted molar refractivity (Wildman–Crippen MR) is 244 cm³/mol. The van der Waals surface area contributed by atoms with Crippen LogP contribution in [-0.2, 0) is 41.8 Å². The van der Waals surface area contributed by atoms with Crippen LogP contribution in [0, 0.1) is 0 Å². The second-order valence-corrected chi connectivity index (χ2v) is 17.7. The van der Waals surface area contributed by atoms with Gasteiger partial charge >= 0.3 is 27.6 Å². The SMILES string of the molecule is CCCCC/C=C\C/C=C\C/C=C\CCCCCCC(=O)OC[C@H](COP(=O)(O)OC[C@@H](O)COP(=O)(O)O)OC(=O)CCCCCC/C=C\C/C=C\C/C=C\CCCCC. The minimum Gasteiger partial charge on any atom is -0.462 e. The minimum atomic E-state index is -4.87. The van der Waals surface area contributed by atoms with E-state index in [1.54, 1.807) is 0 Å². The normalized spacial score (nSPS) is 14.7. The highest BCUT2D eigenvalue weighted by molar-refractivity contribution is 7.47. The molecule has 0 saturated heterocycles. The van der Waals surface area contributed by atoms with Gasteiger partial charge in [0.2, 0.25) is 0 Å². The van der Waals surface area contributed by atoms with E-state index >= 15 is 0 Å². The number of rotatable bonds is 42. The summed E-state index contributed by atoms with van der Waals surface area (Å²) >= 11 is 0. The van der Waals surface area contributed by atoms with Crippen LogP contribution >= 0.6 is 15.6 Å². The van der Waals surface area contributed by atoms with E-state index in [0.717, 1.165) is 89.9 Å². The lowest BCUT2D eigenvalue weighted by molar-refractivity contribution is -0.161. The Morgan fingerprint density at radius 1 is 0.475 bits per heavy atom. The molecule has 0 aliphatic carbocycles. The summed E-state index contributed by atoms with van der Waals surface area (Å²) in [7, 11) is -9.69. The summed E-state index contributed by atoms with van der Waals surface area (Å²) < 4.78 is 47.8. The van der Waals surface area contributed by atoms with Gasteiger partial charge in [0.25, 0.3) is 0 Å². The Morgan fingerprint density at radius 3 is 1.30 bits per heavy atom. The maximum absolute atomic E-state index is 12.7. The molecule has 61 heavy (non-hydrogen) atoms. The van der Waals surface area contributed by atoms with Crippen molar-refractivity contribution in [3.63, 3.8) is 0 Å². The van der Waals surface area contributed by atoms with E-state index in [0.29, 0.717) is 12.8 Å². The highest BCUT2D eigenvalue weighted by Gasteiger charge is 2.28. The number of unbranched alkanes of at least 4 members (excludes halogenated alkanes) is 14. The molecule has 3 atom stereocenters. The fourth-order valence-corrected chi connectivity index (χ4v) is 6.75. The zero-order valence-corrected chi connectivity index (χ0v) is 39.0. The zero-order chi connectivity index (χ0) is 45.1. The molecule has 0 fully saturated rings. The van der Waals surface area contributed by atoms with Crippen LogP contribution in [0.25, 0.3) is 0 Å².